The van der Waals surface area contributed by atoms with E-state index in [9.17, 15) is 9.59 Å². The fourth-order valence-electron chi connectivity index (χ4n) is 2.77. The Labute approximate surface area is 166 Å². The zero-order valence-electron chi connectivity index (χ0n) is 15.2. The number of aryl methyl sites for hydroxylation is 1. The van der Waals surface area contributed by atoms with E-state index in [-0.39, 0.29) is 18.9 Å². The smallest absolute Gasteiger partial charge is 0.310 e. The van der Waals surface area contributed by atoms with E-state index >= 15 is 0 Å². The number of benzene rings is 1. The number of ether oxygens (including phenoxy) is 1. The van der Waals surface area contributed by atoms with Crippen LogP contribution >= 0.6 is 22.9 Å². The lowest BCUT2D eigenvalue weighted by atomic mass is 10.1. The van der Waals surface area contributed by atoms with Gasteiger partial charge in [0, 0.05) is 22.4 Å². The number of amides is 1. The fraction of sp³-hybridized carbons (Fsp3) is 0.300. The van der Waals surface area contributed by atoms with Crippen molar-refractivity contribution in [2.75, 3.05) is 13.2 Å². The number of carbonyl (C=O) groups excluding carboxylic acids is 2. The predicted molar refractivity (Wildman–Crippen MR) is 106 cm³/mol. The molecule has 0 bridgehead atoms. The first-order valence-electron chi connectivity index (χ1n) is 8.60. The molecule has 27 heavy (non-hydrogen) atoms. The lowest BCUT2D eigenvalue weighted by Gasteiger charge is -2.19. The Balaban J connectivity index is 1.55. The van der Waals surface area contributed by atoms with E-state index in [1.807, 2.05) is 38.1 Å². The van der Waals surface area contributed by atoms with Crippen molar-refractivity contribution >= 4 is 45.8 Å². The maximum atomic E-state index is 12.3. The van der Waals surface area contributed by atoms with Crippen LogP contribution in [0.5, 0.6) is 0 Å². The molecule has 2 aromatic heterocycles. The number of hydrogen-bond acceptors (Lipinski definition) is 5. The zero-order chi connectivity index (χ0) is 19.4. The molecule has 0 aliphatic heterocycles. The summed E-state index contributed by atoms with van der Waals surface area (Å²) in [5.74, 6) is -0.690. The third-order valence-electron chi connectivity index (χ3n) is 4.21. The molecule has 0 spiro atoms. The first-order chi connectivity index (χ1) is 13.0. The Bertz CT molecular complexity index is 962. The number of furan rings is 1. The molecule has 0 fully saturated rings. The van der Waals surface area contributed by atoms with Crippen molar-refractivity contribution < 1.29 is 18.7 Å². The molecule has 5 nitrogen and oxygen atoms in total. The molecule has 0 unspecified atom stereocenters. The molecule has 0 N–H and O–H groups in total. The molecule has 3 rings (SSSR count). The Morgan fingerprint density at radius 1 is 1.26 bits per heavy atom. The number of carbonyl (C=O) groups is 2. The lowest BCUT2D eigenvalue weighted by Crippen LogP contribution is -2.34. The van der Waals surface area contributed by atoms with Crippen LogP contribution in [0.1, 0.15) is 22.9 Å². The lowest BCUT2D eigenvalue weighted by molar-refractivity contribution is -0.151. The second kappa shape index (κ2) is 8.59. The molecule has 0 aliphatic carbocycles. The largest absolute Gasteiger partial charge is 0.464 e. The average molecular weight is 406 g/mol. The van der Waals surface area contributed by atoms with Gasteiger partial charge in [-0.3, -0.25) is 9.59 Å². The van der Waals surface area contributed by atoms with Gasteiger partial charge in [-0.25, -0.2) is 0 Å². The molecule has 7 heteroatoms. The molecule has 0 saturated heterocycles. The van der Waals surface area contributed by atoms with Crippen molar-refractivity contribution in [1.29, 1.82) is 0 Å². The highest BCUT2D eigenvalue weighted by atomic mass is 35.5. The number of esters is 1. The number of fused-ring (bicyclic) bond motifs is 1. The topological polar surface area (TPSA) is 59.8 Å². The third-order valence-corrected chi connectivity index (χ3v) is 5.43. The van der Waals surface area contributed by atoms with E-state index in [0.717, 1.165) is 27.0 Å². The highest BCUT2D eigenvalue weighted by Crippen LogP contribution is 2.24. The predicted octanol–water partition coefficient (Wildman–Crippen LogP) is 4.59. The van der Waals surface area contributed by atoms with E-state index in [2.05, 4.69) is 0 Å². The Hall–Kier alpha value is -2.31. The summed E-state index contributed by atoms with van der Waals surface area (Å²) in [6, 6.07) is 9.50. The summed E-state index contributed by atoms with van der Waals surface area (Å²) in [4.78, 5) is 27.1. The minimum Gasteiger partial charge on any atom is -0.464 e. The number of thiophene rings is 1. The third kappa shape index (κ3) is 4.90. The Kier molecular flexibility index (Phi) is 6.19. The Morgan fingerprint density at radius 2 is 2.07 bits per heavy atom. The van der Waals surface area contributed by atoms with Gasteiger partial charge in [0.05, 0.1) is 23.6 Å². The van der Waals surface area contributed by atoms with Gasteiger partial charge in [0.2, 0.25) is 0 Å². The van der Waals surface area contributed by atoms with Crippen molar-refractivity contribution in [2.45, 2.75) is 26.8 Å². The van der Waals surface area contributed by atoms with Crippen LogP contribution < -0.4 is 0 Å². The quantitative estimate of drug-likeness (QED) is 0.539. The number of nitrogens with zero attached hydrogens (tertiary/aromatic N) is 1. The molecular weight excluding hydrogens is 386 g/mol. The maximum Gasteiger partial charge on any atom is 0.310 e. The van der Waals surface area contributed by atoms with Gasteiger partial charge in [0.1, 0.15) is 5.58 Å². The Morgan fingerprint density at radius 3 is 2.78 bits per heavy atom. The van der Waals surface area contributed by atoms with Crippen molar-refractivity contribution in [2.24, 2.45) is 0 Å². The summed E-state index contributed by atoms with van der Waals surface area (Å²) in [5.41, 5.74) is 2.58. The average Bonchev–Trinajstić information content (AvgIpc) is 3.23. The summed E-state index contributed by atoms with van der Waals surface area (Å²) in [6.45, 7) is 4.56. The van der Waals surface area contributed by atoms with Gasteiger partial charge in [0.25, 0.3) is 5.91 Å². The number of rotatable bonds is 7. The van der Waals surface area contributed by atoms with Crippen molar-refractivity contribution in [3.8, 4) is 0 Å². The number of likely N-dealkylation sites (N-methyl/N-ethyl adjacent to an activating group) is 1. The van der Waals surface area contributed by atoms with E-state index in [1.165, 1.54) is 11.3 Å². The zero-order valence-corrected chi connectivity index (χ0v) is 16.7. The van der Waals surface area contributed by atoms with Gasteiger partial charge in [-0.05, 0) is 37.6 Å². The van der Waals surface area contributed by atoms with Crippen LogP contribution in [-0.4, -0.2) is 29.9 Å². The first-order valence-corrected chi connectivity index (χ1v) is 9.80. The van der Waals surface area contributed by atoms with Crippen LogP contribution in [0.15, 0.2) is 41.0 Å². The summed E-state index contributed by atoms with van der Waals surface area (Å²) in [5, 5.41) is 0.883. The van der Waals surface area contributed by atoms with Gasteiger partial charge < -0.3 is 14.1 Å². The van der Waals surface area contributed by atoms with Crippen LogP contribution in [0.25, 0.3) is 11.0 Å². The molecule has 142 valence electrons. The molecule has 0 aliphatic rings. The van der Waals surface area contributed by atoms with Crippen LogP contribution in [0.2, 0.25) is 4.34 Å². The second-order valence-electron chi connectivity index (χ2n) is 6.21. The number of halogens is 1. The van der Waals surface area contributed by atoms with Crippen LogP contribution in [-0.2, 0) is 27.3 Å². The SMILES string of the molecule is CCN(Cc1ccc(Cl)s1)C(=O)COC(=O)Cc1coc2cc(C)ccc12. The van der Waals surface area contributed by atoms with Crippen LogP contribution in [0.4, 0.5) is 0 Å². The molecule has 1 aromatic carbocycles. The summed E-state index contributed by atoms with van der Waals surface area (Å²) in [6.07, 6.45) is 1.63. The molecule has 3 aromatic rings. The second-order valence-corrected chi connectivity index (χ2v) is 8.01. The van der Waals surface area contributed by atoms with Gasteiger partial charge in [-0.2, -0.15) is 0 Å². The van der Waals surface area contributed by atoms with Crippen molar-refractivity contribution in [1.82, 2.24) is 4.90 Å². The standard InChI is InChI=1S/C20H20ClNO4S/c1-3-22(10-15-5-7-18(21)27-15)19(23)12-26-20(24)9-14-11-25-17-8-13(2)4-6-16(14)17/h4-8,11H,3,9-10,12H2,1-2H3. The van der Waals surface area contributed by atoms with Crippen molar-refractivity contribution in [3.05, 3.63) is 56.9 Å². The molecule has 1 amide bonds. The first kappa shape index (κ1) is 19.5. The van der Waals surface area contributed by atoms with Crippen molar-refractivity contribution in [3.63, 3.8) is 0 Å². The molecule has 2 heterocycles. The van der Waals surface area contributed by atoms with E-state index in [4.69, 9.17) is 20.8 Å². The maximum absolute atomic E-state index is 12.3. The van der Waals surface area contributed by atoms with Gasteiger partial charge in [-0.1, -0.05) is 23.7 Å². The molecule has 0 saturated carbocycles. The normalized spacial score (nSPS) is 10.9. The monoisotopic (exact) mass is 405 g/mol. The fourth-order valence-corrected chi connectivity index (χ4v) is 3.87. The minimum absolute atomic E-state index is 0.0655. The molecular formula is C20H20ClNO4S. The van der Waals surface area contributed by atoms with Crippen LogP contribution in [0, 0.1) is 6.92 Å². The highest BCUT2D eigenvalue weighted by molar-refractivity contribution is 7.16. The summed E-state index contributed by atoms with van der Waals surface area (Å²) in [7, 11) is 0. The molecule has 0 atom stereocenters. The highest BCUT2D eigenvalue weighted by Gasteiger charge is 2.17. The van der Waals surface area contributed by atoms with Gasteiger partial charge in [0.15, 0.2) is 6.61 Å². The molecule has 0 radical (unpaired) electrons. The van der Waals surface area contributed by atoms with Crippen LogP contribution in [0.3, 0.4) is 0 Å². The summed E-state index contributed by atoms with van der Waals surface area (Å²) >= 11 is 7.36. The van der Waals surface area contributed by atoms with E-state index in [1.54, 1.807) is 17.2 Å². The van der Waals surface area contributed by atoms with E-state index < -0.39 is 5.97 Å². The van der Waals surface area contributed by atoms with E-state index in [0.29, 0.717) is 17.4 Å². The van der Waals surface area contributed by atoms with Gasteiger partial charge >= 0.3 is 5.97 Å². The summed E-state index contributed by atoms with van der Waals surface area (Å²) < 4.78 is 11.4. The minimum atomic E-state index is -0.457. The van der Waals surface area contributed by atoms with Gasteiger partial charge in [-0.15, -0.1) is 11.3 Å². The number of hydrogen-bond donors (Lipinski definition) is 0.